The fourth-order valence-corrected chi connectivity index (χ4v) is 6.68. The predicted molar refractivity (Wildman–Crippen MR) is 193 cm³/mol. The molecule has 2 heterocycles. The van der Waals surface area contributed by atoms with Crippen molar-refractivity contribution in [1.82, 2.24) is 20.5 Å². The van der Waals surface area contributed by atoms with Crippen molar-refractivity contribution in [3.63, 3.8) is 0 Å². The van der Waals surface area contributed by atoms with Crippen LogP contribution in [0.5, 0.6) is 0 Å². The second-order valence-electron chi connectivity index (χ2n) is 13.7. The van der Waals surface area contributed by atoms with E-state index in [4.69, 9.17) is 10.5 Å². The summed E-state index contributed by atoms with van der Waals surface area (Å²) in [6.45, 7) is 11.1. The number of aryl methyl sites for hydroxylation is 1. The fourth-order valence-electron chi connectivity index (χ4n) is 5.87. The van der Waals surface area contributed by atoms with E-state index in [2.05, 4.69) is 20.9 Å². The molecule has 0 aliphatic carbocycles. The molecule has 0 bridgehead atoms. The van der Waals surface area contributed by atoms with E-state index >= 15 is 0 Å². The van der Waals surface area contributed by atoms with Gasteiger partial charge in [-0.2, -0.15) is 0 Å². The molecule has 49 heavy (non-hydrogen) atoms. The van der Waals surface area contributed by atoms with Crippen LogP contribution >= 0.6 is 11.3 Å². The van der Waals surface area contributed by atoms with Gasteiger partial charge in [0, 0.05) is 30.9 Å². The van der Waals surface area contributed by atoms with Gasteiger partial charge in [0.15, 0.2) is 0 Å². The molecular weight excluding hydrogens is 641 g/mol. The van der Waals surface area contributed by atoms with Crippen molar-refractivity contribution in [3.05, 3.63) is 70.9 Å². The van der Waals surface area contributed by atoms with E-state index < -0.39 is 23.4 Å². The van der Waals surface area contributed by atoms with Gasteiger partial charge in [-0.15, -0.1) is 11.3 Å². The lowest BCUT2D eigenvalue weighted by molar-refractivity contribution is -0.144. The smallest absolute Gasteiger partial charge is 0.248 e. The van der Waals surface area contributed by atoms with Crippen molar-refractivity contribution in [2.45, 2.75) is 84.8 Å². The Kier molecular flexibility index (Phi) is 13.3. The summed E-state index contributed by atoms with van der Waals surface area (Å²) in [5.74, 6) is -1.26. The minimum absolute atomic E-state index is 0.146. The van der Waals surface area contributed by atoms with Gasteiger partial charge in [-0.25, -0.2) is 4.98 Å². The molecular formula is C37H50N6O5S. The van der Waals surface area contributed by atoms with Gasteiger partial charge in [-0.05, 0) is 86.8 Å². The van der Waals surface area contributed by atoms with Crippen molar-refractivity contribution in [2.24, 2.45) is 11.1 Å². The number of aromatic nitrogens is 1. The highest BCUT2D eigenvalue weighted by Gasteiger charge is 2.42. The monoisotopic (exact) mass is 690 g/mol. The highest BCUT2D eigenvalue weighted by atomic mass is 32.1. The molecule has 5 N–H and O–H groups in total. The molecule has 0 spiro atoms. The SMILES string of the molecule is Cc1ncsc1-c1ccc([C@H](C)NC(=O)[C@@H]2CCCN2C(=O)[C@H](NC(=O)COCCCCCNc2ccc(C(N)=O)cc2)C(C)(C)C)cc1. The normalized spacial score (nSPS) is 15.8. The quantitative estimate of drug-likeness (QED) is 0.150. The van der Waals surface area contributed by atoms with Crippen LogP contribution in [-0.4, -0.2) is 71.9 Å². The number of carbonyl (C=O) groups is 4. The predicted octanol–water partition coefficient (Wildman–Crippen LogP) is 5.22. The van der Waals surface area contributed by atoms with Crippen LogP contribution < -0.4 is 21.7 Å². The minimum Gasteiger partial charge on any atom is -0.385 e. The second-order valence-corrected chi connectivity index (χ2v) is 14.5. The van der Waals surface area contributed by atoms with E-state index in [1.807, 2.05) is 76.5 Å². The van der Waals surface area contributed by atoms with E-state index in [0.717, 1.165) is 53.2 Å². The Bertz CT molecular complexity index is 1570. The number of amides is 4. The maximum Gasteiger partial charge on any atom is 0.248 e. The summed E-state index contributed by atoms with van der Waals surface area (Å²) in [4.78, 5) is 58.5. The Balaban J connectivity index is 1.21. The largest absolute Gasteiger partial charge is 0.385 e. The summed E-state index contributed by atoms with van der Waals surface area (Å²) in [5, 5.41) is 9.30. The number of ether oxygens (including phenoxy) is 1. The van der Waals surface area contributed by atoms with Gasteiger partial charge in [-0.3, -0.25) is 19.2 Å². The summed E-state index contributed by atoms with van der Waals surface area (Å²) in [7, 11) is 0. The van der Waals surface area contributed by atoms with Gasteiger partial charge < -0.3 is 31.3 Å². The summed E-state index contributed by atoms with van der Waals surface area (Å²) >= 11 is 1.60. The van der Waals surface area contributed by atoms with E-state index in [1.165, 1.54) is 0 Å². The van der Waals surface area contributed by atoms with E-state index in [0.29, 0.717) is 31.6 Å². The van der Waals surface area contributed by atoms with Crippen molar-refractivity contribution in [3.8, 4) is 10.4 Å². The van der Waals surface area contributed by atoms with E-state index in [1.54, 1.807) is 28.4 Å². The van der Waals surface area contributed by atoms with Crippen LogP contribution in [0.3, 0.4) is 0 Å². The molecule has 264 valence electrons. The Hall–Kier alpha value is -4.29. The van der Waals surface area contributed by atoms with Crippen molar-refractivity contribution >= 4 is 40.7 Å². The first-order chi connectivity index (χ1) is 23.3. The lowest BCUT2D eigenvalue weighted by atomic mass is 9.85. The number of primary amides is 1. The molecule has 0 saturated carbocycles. The molecule has 3 atom stereocenters. The third-order valence-corrected chi connectivity index (χ3v) is 9.71. The number of nitrogens with one attached hydrogen (secondary N) is 3. The number of nitrogens with zero attached hydrogens (tertiary/aromatic N) is 2. The molecule has 4 rings (SSSR count). The van der Waals surface area contributed by atoms with Crippen LogP contribution in [0.2, 0.25) is 0 Å². The third-order valence-electron chi connectivity index (χ3n) is 8.73. The number of rotatable bonds is 16. The molecule has 3 aromatic rings. The van der Waals surface area contributed by atoms with E-state index in [-0.39, 0.29) is 30.4 Å². The number of anilines is 1. The highest BCUT2D eigenvalue weighted by Crippen LogP contribution is 2.29. The van der Waals surface area contributed by atoms with E-state index in [9.17, 15) is 19.2 Å². The summed E-state index contributed by atoms with van der Waals surface area (Å²) in [5.41, 5.74) is 11.0. The molecule has 1 saturated heterocycles. The van der Waals surface area contributed by atoms with Gasteiger partial charge in [0.05, 0.1) is 22.1 Å². The molecule has 1 aliphatic heterocycles. The first kappa shape index (κ1) is 37.5. The highest BCUT2D eigenvalue weighted by molar-refractivity contribution is 7.13. The Morgan fingerprint density at radius 1 is 1.02 bits per heavy atom. The standard InChI is InChI=1S/C37H50N6O5S/c1-24(26-11-13-27(14-12-26)32-25(2)40-23-49-32)41-35(46)30-10-9-20-43(30)36(47)33(37(3,4)5)42-31(44)22-48-21-8-6-7-19-39-29-17-15-28(16-18-29)34(38)45/h11-18,23-24,30,33,39H,6-10,19-22H2,1-5H3,(H2,38,45)(H,41,46)(H,42,44)/t24-,30-,33-/m0/s1. The third kappa shape index (κ3) is 10.6. The average molecular weight is 691 g/mol. The van der Waals surface area contributed by atoms with Crippen LogP contribution in [-0.2, 0) is 19.1 Å². The van der Waals surface area contributed by atoms with Gasteiger partial charge in [0.25, 0.3) is 0 Å². The zero-order valence-corrected chi connectivity index (χ0v) is 30.0. The Morgan fingerprint density at radius 3 is 2.37 bits per heavy atom. The zero-order valence-electron chi connectivity index (χ0n) is 29.2. The van der Waals surface area contributed by atoms with Gasteiger partial charge >= 0.3 is 0 Å². The first-order valence-corrected chi connectivity index (χ1v) is 17.8. The van der Waals surface area contributed by atoms with Gasteiger partial charge in [0.2, 0.25) is 23.6 Å². The Morgan fingerprint density at radius 2 is 1.73 bits per heavy atom. The second kappa shape index (κ2) is 17.4. The summed E-state index contributed by atoms with van der Waals surface area (Å²) in [6.07, 6.45) is 3.89. The number of nitrogens with two attached hydrogens (primary N) is 1. The Labute approximate surface area is 293 Å². The lowest BCUT2D eigenvalue weighted by Crippen LogP contribution is -2.58. The molecule has 1 aliphatic rings. The van der Waals surface area contributed by atoms with Crippen molar-refractivity contribution in [2.75, 3.05) is 31.6 Å². The van der Waals surface area contributed by atoms with Crippen LogP contribution in [0.25, 0.3) is 10.4 Å². The van der Waals surface area contributed by atoms with Gasteiger partial charge in [-0.1, -0.05) is 45.0 Å². The maximum absolute atomic E-state index is 13.9. The van der Waals surface area contributed by atoms with Crippen LogP contribution in [0.15, 0.2) is 54.0 Å². The number of carbonyl (C=O) groups excluding carboxylic acids is 4. The number of hydrogen-bond acceptors (Lipinski definition) is 8. The number of benzene rings is 2. The number of likely N-dealkylation sites (tertiary alicyclic amines) is 1. The molecule has 2 aromatic carbocycles. The topological polar surface area (TPSA) is 156 Å². The van der Waals surface area contributed by atoms with Gasteiger partial charge in [0.1, 0.15) is 18.7 Å². The molecule has 0 radical (unpaired) electrons. The van der Waals surface area contributed by atoms with Crippen molar-refractivity contribution < 1.29 is 23.9 Å². The fraction of sp³-hybridized carbons (Fsp3) is 0.486. The maximum atomic E-state index is 13.9. The number of thiazole rings is 1. The summed E-state index contributed by atoms with van der Waals surface area (Å²) < 4.78 is 5.63. The number of hydrogen-bond donors (Lipinski definition) is 4. The lowest BCUT2D eigenvalue weighted by Gasteiger charge is -2.35. The van der Waals surface area contributed by atoms with Crippen LogP contribution in [0.4, 0.5) is 5.69 Å². The molecule has 12 heteroatoms. The molecule has 4 amide bonds. The molecule has 0 unspecified atom stereocenters. The van der Waals surface area contributed by atoms with Crippen LogP contribution in [0, 0.1) is 12.3 Å². The minimum atomic E-state index is -0.805. The average Bonchev–Trinajstić information content (AvgIpc) is 3.74. The molecule has 1 fully saturated rings. The summed E-state index contributed by atoms with van der Waals surface area (Å²) in [6, 6.07) is 13.5. The zero-order chi connectivity index (χ0) is 35.6. The number of unbranched alkanes of at least 4 members (excludes halogenated alkanes) is 2. The van der Waals surface area contributed by atoms with Crippen LogP contribution in [0.1, 0.15) is 87.5 Å². The van der Waals surface area contributed by atoms with Crippen molar-refractivity contribution in [1.29, 1.82) is 0 Å². The molecule has 1 aromatic heterocycles. The first-order valence-electron chi connectivity index (χ1n) is 17.0. The molecule has 11 nitrogen and oxygen atoms in total.